The number of hydrogen-bond donors (Lipinski definition) is 1. The molecule has 5 rings (SSSR count). The average molecular weight is 604 g/mol. The summed E-state index contributed by atoms with van der Waals surface area (Å²) in [7, 11) is -2.23. The Morgan fingerprint density at radius 1 is 0.791 bits per heavy atom. The van der Waals surface area contributed by atoms with Gasteiger partial charge >= 0.3 is 0 Å². The molecule has 0 heterocycles. The zero-order valence-corrected chi connectivity index (χ0v) is 26.7. The van der Waals surface area contributed by atoms with E-state index in [1.54, 1.807) is 0 Å². The van der Waals surface area contributed by atoms with Crippen molar-refractivity contribution in [2.24, 2.45) is 0 Å². The van der Waals surface area contributed by atoms with E-state index < -0.39 is 23.7 Å². The quantitative estimate of drug-likeness (QED) is 0.157. The molecule has 5 aromatic carbocycles. The molecule has 0 aromatic heterocycles. The number of ether oxygens (including phenoxy) is 1. The molecule has 0 spiro atoms. The van der Waals surface area contributed by atoms with Crippen LogP contribution in [0.2, 0.25) is 0 Å². The van der Waals surface area contributed by atoms with Crippen molar-refractivity contribution in [3.63, 3.8) is 0 Å². The van der Waals surface area contributed by atoms with Crippen molar-refractivity contribution < 1.29 is 8.95 Å². The molecule has 43 heavy (non-hydrogen) atoms. The molecule has 0 aliphatic rings. The standard InChI is InChI=1S/C38H38NO2PS/c1-5-29-21-23-30(24-22-29)28-41-32-25-26-36(42(33-17-11-7-12-18-33)34-19-13-8-14-20-34)35(27-32)37(31-15-9-6-10-16-31)39-43(40)38(2,3)4/h5-27,37,39H,1,28H2,2-4H3/t37-,43+/m0/s1. The van der Waals surface area contributed by atoms with Crippen LogP contribution in [0.1, 0.15) is 49.1 Å². The highest BCUT2D eigenvalue weighted by molar-refractivity contribution is 7.84. The van der Waals surface area contributed by atoms with Crippen LogP contribution in [0.25, 0.3) is 6.08 Å². The topological polar surface area (TPSA) is 38.3 Å². The highest BCUT2D eigenvalue weighted by atomic mass is 32.2. The largest absolute Gasteiger partial charge is 0.489 e. The summed E-state index contributed by atoms with van der Waals surface area (Å²) in [6, 6.07) is 46.0. The maximum atomic E-state index is 13.7. The van der Waals surface area contributed by atoms with Gasteiger partial charge in [-0.3, -0.25) is 0 Å². The summed E-state index contributed by atoms with van der Waals surface area (Å²) in [4.78, 5) is 0. The zero-order valence-electron chi connectivity index (χ0n) is 24.9. The predicted octanol–water partition coefficient (Wildman–Crippen LogP) is 7.81. The lowest BCUT2D eigenvalue weighted by atomic mass is 9.99. The molecule has 0 amide bonds. The van der Waals surface area contributed by atoms with Gasteiger partial charge in [0, 0.05) is 0 Å². The van der Waals surface area contributed by atoms with Crippen molar-refractivity contribution >= 4 is 40.9 Å². The second-order valence-corrected chi connectivity index (χ2v) is 15.5. The summed E-state index contributed by atoms with van der Waals surface area (Å²) in [5.74, 6) is 0.770. The fraction of sp³-hybridized carbons (Fsp3) is 0.158. The lowest BCUT2D eigenvalue weighted by molar-refractivity contribution is 0.306. The number of benzene rings is 5. The first kappa shape index (κ1) is 30.6. The van der Waals surface area contributed by atoms with Gasteiger partial charge < -0.3 is 4.74 Å². The van der Waals surface area contributed by atoms with Gasteiger partial charge in [0.1, 0.15) is 12.4 Å². The third kappa shape index (κ3) is 7.77. The normalized spacial score (nSPS) is 12.9. The first-order valence-corrected chi connectivity index (χ1v) is 16.9. The third-order valence-electron chi connectivity index (χ3n) is 7.11. The van der Waals surface area contributed by atoms with Crippen LogP contribution < -0.4 is 25.4 Å². The molecular formula is C38H38NO2PS. The Balaban J connectivity index is 1.65. The van der Waals surface area contributed by atoms with E-state index in [4.69, 9.17) is 4.74 Å². The van der Waals surface area contributed by atoms with Crippen LogP contribution in [-0.2, 0) is 17.6 Å². The first-order valence-electron chi connectivity index (χ1n) is 14.4. The molecule has 1 N–H and O–H groups in total. The molecule has 2 atom stereocenters. The number of nitrogens with one attached hydrogen (secondary N) is 1. The fourth-order valence-corrected chi connectivity index (χ4v) is 8.10. The Morgan fingerprint density at radius 3 is 1.88 bits per heavy atom. The number of hydrogen-bond acceptors (Lipinski definition) is 2. The summed E-state index contributed by atoms with van der Waals surface area (Å²) in [5, 5.41) is 3.71. The van der Waals surface area contributed by atoms with Crippen LogP contribution in [0.4, 0.5) is 0 Å². The van der Waals surface area contributed by atoms with E-state index in [1.165, 1.54) is 15.9 Å². The molecule has 0 aliphatic carbocycles. The highest BCUT2D eigenvalue weighted by Gasteiger charge is 2.29. The Morgan fingerprint density at radius 2 is 1.35 bits per heavy atom. The molecule has 0 aliphatic heterocycles. The monoisotopic (exact) mass is 603 g/mol. The number of rotatable bonds is 11. The van der Waals surface area contributed by atoms with Crippen molar-refractivity contribution in [3.8, 4) is 5.75 Å². The average Bonchev–Trinajstić information content (AvgIpc) is 3.04. The van der Waals surface area contributed by atoms with E-state index in [1.807, 2.05) is 57.2 Å². The summed E-state index contributed by atoms with van der Waals surface area (Å²) in [6.45, 7) is 10.3. The van der Waals surface area contributed by atoms with Gasteiger partial charge in [0.15, 0.2) is 0 Å². The third-order valence-corrected chi connectivity index (χ3v) is 11.2. The van der Waals surface area contributed by atoms with Crippen molar-refractivity contribution in [2.45, 2.75) is 38.2 Å². The summed E-state index contributed by atoms with van der Waals surface area (Å²) in [6.07, 6.45) is 1.84. The van der Waals surface area contributed by atoms with Gasteiger partial charge in [-0.25, -0.2) is 8.93 Å². The van der Waals surface area contributed by atoms with E-state index >= 15 is 0 Å². The molecule has 0 saturated heterocycles. The van der Waals surface area contributed by atoms with Crippen LogP contribution in [-0.4, -0.2) is 8.96 Å². The Bertz CT molecular complexity index is 1610. The summed E-state index contributed by atoms with van der Waals surface area (Å²) >= 11 is 0. The molecule has 0 bridgehead atoms. The predicted molar refractivity (Wildman–Crippen MR) is 185 cm³/mol. The molecule has 5 heteroatoms. The molecule has 3 nitrogen and oxygen atoms in total. The van der Waals surface area contributed by atoms with Gasteiger partial charge in [0.25, 0.3) is 0 Å². The van der Waals surface area contributed by atoms with E-state index in [0.717, 1.165) is 28.0 Å². The summed E-state index contributed by atoms with van der Waals surface area (Å²) in [5.41, 5.74) is 4.27. The van der Waals surface area contributed by atoms with Gasteiger partial charge in [0.2, 0.25) is 0 Å². The second kappa shape index (κ2) is 14.1. The van der Waals surface area contributed by atoms with Crippen LogP contribution >= 0.6 is 7.92 Å². The molecular weight excluding hydrogens is 565 g/mol. The minimum absolute atomic E-state index is 0.316. The van der Waals surface area contributed by atoms with Gasteiger partial charge in [-0.05, 0) is 85.1 Å². The molecule has 5 aromatic rings. The highest BCUT2D eigenvalue weighted by Crippen LogP contribution is 2.38. The Labute approximate surface area is 260 Å². The van der Waals surface area contributed by atoms with Crippen molar-refractivity contribution in [3.05, 3.63) is 162 Å². The zero-order chi connectivity index (χ0) is 30.2. The van der Waals surface area contributed by atoms with E-state index in [0.29, 0.717) is 6.61 Å². The molecule has 0 radical (unpaired) electrons. The first-order chi connectivity index (χ1) is 20.8. The maximum Gasteiger partial charge on any atom is 0.120 e. The van der Waals surface area contributed by atoms with Gasteiger partial charge in [-0.2, -0.15) is 0 Å². The summed E-state index contributed by atoms with van der Waals surface area (Å²) < 4.78 is 23.1. The van der Waals surface area contributed by atoms with Gasteiger partial charge in [-0.1, -0.05) is 128 Å². The Kier molecular flexibility index (Phi) is 10.0. The van der Waals surface area contributed by atoms with Crippen molar-refractivity contribution in [1.82, 2.24) is 4.72 Å². The van der Waals surface area contributed by atoms with Crippen LogP contribution in [0.3, 0.4) is 0 Å². The van der Waals surface area contributed by atoms with Gasteiger partial charge in [-0.15, -0.1) is 0 Å². The second-order valence-electron chi connectivity index (χ2n) is 11.3. The van der Waals surface area contributed by atoms with Crippen molar-refractivity contribution in [2.75, 3.05) is 0 Å². The molecule has 218 valence electrons. The lowest BCUT2D eigenvalue weighted by Crippen LogP contribution is -2.38. The van der Waals surface area contributed by atoms with Crippen molar-refractivity contribution in [1.29, 1.82) is 0 Å². The van der Waals surface area contributed by atoms with Crippen LogP contribution in [0.15, 0.2) is 140 Å². The van der Waals surface area contributed by atoms with Crippen LogP contribution in [0.5, 0.6) is 5.75 Å². The Hall–Kier alpha value is -3.82. The van der Waals surface area contributed by atoms with Gasteiger partial charge in [0.05, 0.1) is 21.8 Å². The molecule has 0 saturated carbocycles. The molecule has 0 fully saturated rings. The SMILES string of the molecule is C=Cc1ccc(COc2ccc(P(c3ccccc3)c3ccccc3)c([C@@H](N[S@](=O)C(C)(C)C)c3ccccc3)c2)cc1. The maximum absolute atomic E-state index is 13.7. The smallest absolute Gasteiger partial charge is 0.120 e. The van der Waals surface area contributed by atoms with E-state index in [9.17, 15) is 4.21 Å². The minimum Gasteiger partial charge on any atom is -0.489 e. The lowest BCUT2D eigenvalue weighted by Gasteiger charge is -2.29. The fourth-order valence-electron chi connectivity index (χ4n) is 4.80. The molecule has 0 unspecified atom stereocenters. The van der Waals surface area contributed by atoms with E-state index in [-0.39, 0.29) is 6.04 Å². The minimum atomic E-state index is -1.31. The van der Waals surface area contributed by atoms with E-state index in [2.05, 4.69) is 114 Å². The van der Waals surface area contributed by atoms with Crippen LogP contribution in [0, 0.1) is 0 Å².